The molecular formula is C20H23BrClNO. The first kappa shape index (κ1) is 17.8. The fraction of sp³-hybridized carbons (Fsp3) is 0.400. The van der Waals surface area contributed by atoms with E-state index in [1.807, 2.05) is 12.1 Å². The van der Waals surface area contributed by atoms with Gasteiger partial charge in [0.05, 0.1) is 0 Å². The first-order valence-electron chi connectivity index (χ1n) is 8.55. The zero-order valence-electron chi connectivity index (χ0n) is 13.9. The summed E-state index contributed by atoms with van der Waals surface area (Å²) in [6.07, 6.45) is 2.40. The van der Waals surface area contributed by atoms with Gasteiger partial charge in [-0.1, -0.05) is 59.1 Å². The van der Waals surface area contributed by atoms with Crippen LogP contribution in [0.4, 0.5) is 0 Å². The van der Waals surface area contributed by atoms with E-state index in [-0.39, 0.29) is 5.92 Å². The molecule has 2 aromatic carbocycles. The number of phenols is 1. The third-order valence-electron chi connectivity index (χ3n) is 4.92. The quantitative estimate of drug-likeness (QED) is 0.676. The maximum absolute atomic E-state index is 10.4. The second kappa shape index (κ2) is 7.90. The molecule has 3 rings (SSSR count). The van der Waals surface area contributed by atoms with Crippen molar-refractivity contribution in [2.75, 3.05) is 19.6 Å². The van der Waals surface area contributed by atoms with E-state index in [0.29, 0.717) is 16.7 Å². The van der Waals surface area contributed by atoms with Crippen LogP contribution in [0.2, 0.25) is 5.02 Å². The van der Waals surface area contributed by atoms with Crippen LogP contribution in [0.25, 0.3) is 0 Å². The van der Waals surface area contributed by atoms with Gasteiger partial charge < -0.3 is 10.0 Å². The van der Waals surface area contributed by atoms with Crippen molar-refractivity contribution in [1.29, 1.82) is 0 Å². The fourth-order valence-corrected chi connectivity index (χ4v) is 4.44. The summed E-state index contributed by atoms with van der Waals surface area (Å²) in [5, 5.41) is 11.1. The largest absolute Gasteiger partial charge is 0.508 e. The highest BCUT2D eigenvalue weighted by atomic mass is 79.9. The third kappa shape index (κ3) is 3.79. The molecule has 1 heterocycles. The molecule has 1 fully saturated rings. The summed E-state index contributed by atoms with van der Waals surface area (Å²) in [4.78, 5) is 2.51. The average molecular weight is 409 g/mol. The maximum atomic E-state index is 10.4. The molecule has 0 aliphatic carbocycles. The first-order chi connectivity index (χ1) is 11.6. The van der Waals surface area contributed by atoms with Gasteiger partial charge in [-0.3, -0.25) is 0 Å². The lowest BCUT2D eigenvalue weighted by Gasteiger charge is -2.21. The van der Waals surface area contributed by atoms with Crippen LogP contribution >= 0.6 is 27.5 Å². The Morgan fingerprint density at radius 2 is 1.83 bits per heavy atom. The number of unbranched alkanes of at least 4 members (excludes halogenated alkanes) is 1. The summed E-state index contributed by atoms with van der Waals surface area (Å²) in [5.74, 6) is 0.944. The predicted octanol–water partition coefficient (Wildman–Crippen LogP) is 5.79. The number of halogens is 2. The van der Waals surface area contributed by atoms with Crippen LogP contribution in [-0.2, 0) is 0 Å². The molecule has 1 N–H and O–H groups in total. The molecule has 0 spiro atoms. The standard InChI is InChI=1S/C20H23BrClNO/c1-2-3-10-23-12-17(15-6-4-5-7-19(15)21)18(13-23)16-11-14(22)8-9-20(16)24/h4-9,11,17-18,24H,2-3,10,12-13H2,1H3/t17-,18-/m0/s1. The molecule has 0 saturated carbocycles. The topological polar surface area (TPSA) is 23.5 Å². The van der Waals surface area contributed by atoms with Crippen molar-refractivity contribution < 1.29 is 5.11 Å². The van der Waals surface area contributed by atoms with Gasteiger partial charge in [0.2, 0.25) is 0 Å². The molecule has 2 nitrogen and oxygen atoms in total. The monoisotopic (exact) mass is 407 g/mol. The molecule has 0 amide bonds. The van der Waals surface area contributed by atoms with Gasteiger partial charge in [0.25, 0.3) is 0 Å². The molecule has 0 unspecified atom stereocenters. The minimum atomic E-state index is 0.249. The SMILES string of the molecule is CCCCN1C[C@@H](c2cc(Cl)ccc2O)[C@H](c2ccccc2Br)C1. The smallest absolute Gasteiger partial charge is 0.119 e. The predicted molar refractivity (Wildman–Crippen MR) is 104 cm³/mol. The molecule has 24 heavy (non-hydrogen) atoms. The van der Waals surface area contributed by atoms with Gasteiger partial charge in [0.15, 0.2) is 0 Å². The van der Waals surface area contributed by atoms with Crippen molar-refractivity contribution in [2.24, 2.45) is 0 Å². The number of phenolic OH excluding ortho intramolecular Hbond substituents is 1. The summed E-state index contributed by atoms with van der Waals surface area (Å²) in [6, 6.07) is 13.8. The Morgan fingerprint density at radius 3 is 2.54 bits per heavy atom. The van der Waals surface area contributed by atoms with E-state index in [1.165, 1.54) is 18.4 Å². The molecule has 2 atom stereocenters. The number of nitrogens with zero attached hydrogens (tertiary/aromatic N) is 1. The molecule has 128 valence electrons. The summed E-state index contributed by atoms with van der Waals surface area (Å²) < 4.78 is 1.14. The average Bonchev–Trinajstić information content (AvgIpc) is 2.99. The second-order valence-corrected chi connectivity index (χ2v) is 7.84. The Bertz CT molecular complexity index is 706. The van der Waals surface area contributed by atoms with Gasteiger partial charge in [-0.25, -0.2) is 0 Å². The van der Waals surface area contributed by atoms with E-state index in [2.05, 4.69) is 46.0 Å². The summed E-state index contributed by atoms with van der Waals surface area (Å²) >= 11 is 9.91. The van der Waals surface area contributed by atoms with Crippen molar-refractivity contribution in [2.45, 2.75) is 31.6 Å². The summed E-state index contributed by atoms with van der Waals surface area (Å²) in [5.41, 5.74) is 2.27. The van der Waals surface area contributed by atoms with E-state index in [4.69, 9.17) is 11.6 Å². The lowest BCUT2D eigenvalue weighted by atomic mass is 9.84. The van der Waals surface area contributed by atoms with E-state index >= 15 is 0 Å². The molecular weight excluding hydrogens is 386 g/mol. The molecule has 1 saturated heterocycles. The van der Waals surface area contributed by atoms with Crippen molar-refractivity contribution in [3.8, 4) is 5.75 Å². The van der Waals surface area contributed by atoms with E-state index in [0.717, 1.165) is 29.7 Å². The number of likely N-dealkylation sites (tertiary alicyclic amines) is 1. The second-order valence-electron chi connectivity index (χ2n) is 6.55. The fourth-order valence-electron chi connectivity index (χ4n) is 3.68. The van der Waals surface area contributed by atoms with Crippen LogP contribution in [0, 0.1) is 0 Å². The summed E-state index contributed by atoms with van der Waals surface area (Å²) in [7, 11) is 0. The van der Waals surface area contributed by atoms with Crippen molar-refractivity contribution in [3.63, 3.8) is 0 Å². The van der Waals surface area contributed by atoms with Crippen LogP contribution in [-0.4, -0.2) is 29.6 Å². The zero-order valence-corrected chi connectivity index (χ0v) is 16.2. The van der Waals surface area contributed by atoms with Crippen LogP contribution in [0.15, 0.2) is 46.9 Å². The lowest BCUT2D eigenvalue weighted by molar-refractivity contribution is 0.324. The molecule has 4 heteroatoms. The minimum Gasteiger partial charge on any atom is -0.508 e. The lowest BCUT2D eigenvalue weighted by Crippen LogP contribution is -2.21. The number of benzene rings is 2. The number of aromatic hydroxyl groups is 1. The normalized spacial score (nSPS) is 21.3. The molecule has 0 radical (unpaired) electrons. The molecule has 1 aliphatic heterocycles. The van der Waals surface area contributed by atoms with Gasteiger partial charge in [0.1, 0.15) is 5.75 Å². The van der Waals surface area contributed by atoms with Crippen LogP contribution in [0.5, 0.6) is 5.75 Å². The van der Waals surface area contributed by atoms with E-state index < -0.39 is 0 Å². The Hall–Kier alpha value is -1.03. The maximum Gasteiger partial charge on any atom is 0.119 e. The van der Waals surface area contributed by atoms with Crippen molar-refractivity contribution in [3.05, 3.63) is 63.1 Å². The van der Waals surface area contributed by atoms with Gasteiger partial charge in [0, 0.05) is 40.0 Å². The van der Waals surface area contributed by atoms with Crippen LogP contribution in [0.3, 0.4) is 0 Å². The zero-order chi connectivity index (χ0) is 17.1. The number of rotatable bonds is 5. The third-order valence-corrected chi connectivity index (χ3v) is 5.87. The van der Waals surface area contributed by atoms with Gasteiger partial charge in [-0.15, -0.1) is 0 Å². The highest BCUT2D eigenvalue weighted by Crippen LogP contribution is 2.45. The first-order valence-corrected chi connectivity index (χ1v) is 9.72. The molecule has 2 aromatic rings. The molecule has 1 aliphatic rings. The Kier molecular flexibility index (Phi) is 5.85. The van der Waals surface area contributed by atoms with E-state index in [1.54, 1.807) is 12.1 Å². The van der Waals surface area contributed by atoms with Gasteiger partial charge in [-0.05, 0) is 42.8 Å². The van der Waals surface area contributed by atoms with Crippen molar-refractivity contribution >= 4 is 27.5 Å². The highest BCUT2D eigenvalue weighted by molar-refractivity contribution is 9.10. The summed E-state index contributed by atoms with van der Waals surface area (Å²) in [6.45, 7) is 5.30. The number of hydrogen-bond donors (Lipinski definition) is 1. The Balaban J connectivity index is 1.96. The number of hydrogen-bond acceptors (Lipinski definition) is 2. The molecule has 0 aromatic heterocycles. The van der Waals surface area contributed by atoms with Crippen LogP contribution < -0.4 is 0 Å². The van der Waals surface area contributed by atoms with Gasteiger partial charge >= 0.3 is 0 Å². The van der Waals surface area contributed by atoms with Crippen molar-refractivity contribution in [1.82, 2.24) is 4.90 Å². The van der Waals surface area contributed by atoms with Crippen LogP contribution in [0.1, 0.15) is 42.7 Å². The Morgan fingerprint density at radius 1 is 1.12 bits per heavy atom. The Labute approximate surface area is 157 Å². The molecule has 0 bridgehead atoms. The van der Waals surface area contributed by atoms with Gasteiger partial charge in [-0.2, -0.15) is 0 Å². The minimum absolute atomic E-state index is 0.249. The highest BCUT2D eigenvalue weighted by Gasteiger charge is 2.36. The van der Waals surface area contributed by atoms with E-state index in [9.17, 15) is 5.11 Å².